The second-order valence-electron chi connectivity index (χ2n) is 5.46. The van der Waals surface area contributed by atoms with Crippen molar-refractivity contribution in [1.29, 1.82) is 0 Å². The number of hydrogen-bond donors (Lipinski definition) is 0. The van der Waals surface area contributed by atoms with Crippen LogP contribution in [-0.4, -0.2) is 41.1 Å². The Morgan fingerprint density at radius 2 is 2.14 bits per heavy atom. The molecule has 2 aromatic rings. The first-order valence-corrected chi connectivity index (χ1v) is 7.42. The first-order valence-electron chi connectivity index (χ1n) is 7.04. The molecule has 1 aliphatic heterocycles. The fourth-order valence-corrected chi connectivity index (χ4v) is 2.86. The van der Waals surface area contributed by atoms with E-state index in [2.05, 4.69) is 4.98 Å². The highest BCUT2D eigenvalue weighted by atomic mass is 35.5. The minimum atomic E-state index is -0.0156. The van der Waals surface area contributed by atoms with E-state index in [9.17, 15) is 4.79 Å². The van der Waals surface area contributed by atoms with Gasteiger partial charge in [0.25, 0.3) is 5.91 Å². The molecule has 1 amide bonds. The van der Waals surface area contributed by atoms with E-state index < -0.39 is 0 Å². The highest BCUT2D eigenvalue weighted by Crippen LogP contribution is 2.24. The molecular formula is C16H17ClN2O2. The Bertz CT molecular complexity index is 689. The SMILES string of the molecule is CC1CN(C(=O)c2cc(Cl)nc3ccccc23)C(C)CO1. The summed E-state index contributed by atoms with van der Waals surface area (Å²) in [5.41, 5.74) is 1.34. The van der Waals surface area contributed by atoms with Crippen LogP contribution in [0.15, 0.2) is 30.3 Å². The van der Waals surface area contributed by atoms with E-state index >= 15 is 0 Å². The smallest absolute Gasteiger partial charge is 0.255 e. The molecule has 1 aromatic heterocycles. The van der Waals surface area contributed by atoms with Gasteiger partial charge in [0.1, 0.15) is 5.15 Å². The molecule has 0 N–H and O–H groups in total. The van der Waals surface area contributed by atoms with Gasteiger partial charge in [0.2, 0.25) is 0 Å². The van der Waals surface area contributed by atoms with Crippen LogP contribution in [-0.2, 0) is 4.74 Å². The van der Waals surface area contributed by atoms with Gasteiger partial charge >= 0.3 is 0 Å². The molecule has 110 valence electrons. The average Bonchev–Trinajstić information content (AvgIpc) is 2.48. The number of pyridine rings is 1. The van der Waals surface area contributed by atoms with E-state index in [-0.39, 0.29) is 18.1 Å². The number of benzene rings is 1. The van der Waals surface area contributed by atoms with Gasteiger partial charge in [0.15, 0.2) is 0 Å². The molecule has 0 aliphatic carbocycles. The van der Waals surface area contributed by atoms with Crippen LogP contribution >= 0.6 is 11.6 Å². The van der Waals surface area contributed by atoms with Gasteiger partial charge in [-0.2, -0.15) is 0 Å². The second-order valence-corrected chi connectivity index (χ2v) is 5.85. The molecule has 2 unspecified atom stereocenters. The molecule has 3 rings (SSSR count). The number of morpholine rings is 1. The largest absolute Gasteiger partial charge is 0.375 e. The number of carbonyl (C=O) groups is 1. The number of carbonyl (C=O) groups excluding carboxylic acids is 1. The van der Waals surface area contributed by atoms with Crippen LogP contribution in [0.2, 0.25) is 5.15 Å². The van der Waals surface area contributed by atoms with Crippen LogP contribution in [0.1, 0.15) is 24.2 Å². The molecule has 21 heavy (non-hydrogen) atoms. The maximum Gasteiger partial charge on any atom is 0.255 e. The van der Waals surface area contributed by atoms with E-state index in [1.54, 1.807) is 6.07 Å². The van der Waals surface area contributed by atoms with Gasteiger partial charge in [-0.25, -0.2) is 4.98 Å². The molecule has 4 nitrogen and oxygen atoms in total. The number of hydrogen-bond acceptors (Lipinski definition) is 3. The predicted octanol–water partition coefficient (Wildman–Crippen LogP) is 3.14. The summed E-state index contributed by atoms with van der Waals surface area (Å²) in [4.78, 5) is 19.0. The van der Waals surface area contributed by atoms with Crippen molar-refractivity contribution in [3.05, 3.63) is 41.0 Å². The van der Waals surface area contributed by atoms with Crippen molar-refractivity contribution in [2.45, 2.75) is 26.0 Å². The lowest BCUT2D eigenvalue weighted by molar-refractivity contribution is -0.0386. The lowest BCUT2D eigenvalue weighted by Gasteiger charge is -2.37. The number of fused-ring (bicyclic) bond motifs is 1. The van der Waals surface area contributed by atoms with Crippen molar-refractivity contribution >= 4 is 28.4 Å². The number of para-hydroxylation sites is 1. The van der Waals surface area contributed by atoms with Crippen LogP contribution in [0.4, 0.5) is 0 Å². The summed E-state index contributed by atoms with van der Waals surface area (Å²) >= 11 is 6.07. The van der Waals surface area contributed by atoms with Crippen LogP contribution in [0.3, 0.4) is 0 Å². The molecule has 0 spiro atoms. The molecule has 2 heterocycles. The van der Waals surface area contributed by atoms with E-state index in [4.69, 9.17) is 16.3 Å². The van der Waals surface area contributed by atoms with Gasteiger partial charge in [-0.15, -0.1) is 0 Å². The summed E-state index contributed by atoms with van der Waals surface area (Å²) in [5, 5.41) is 1.17. The summed E-state index contributed by atoms with van der Waals surface area (Å²) < 4.78 is 5.59. The molecule has 2 atom stereocenters. The lowest BCUT2D eigenvalue weighted by Crippen LogP contribution is -2.50. The quantitative estimate of drug-likeness (QED) is 0.760. The topological polar surface area (TPSA) is 42.4 Å². The maximum atomic E-state index is 12.9. The summed E-state index contributed by atoms with van der Waals surface area (Å²) in [6.45, 7) is 5.12. The van der Waals surface area contributed by atoms with Crippen LogP contribution in [0.5, 0.6) is 0 Å². The predicted molar refractivity (Wildman–Crippen MR) is 82.7 cm³/mol. The molecule has 0 saturated carbocycles. The average molecular weight is 305 g/mol. The zero-order chi connectivity index (χ0) is 15.0. The Kier molecular flexibility index (Phi) is 3.83. The molecule has 5 heteroatoms. The van der Waals surface area contributed by atoms with Crippen molar-refractivity contribution in [3.8, 4) is 0 Å². The van der Waals surface area contributed by atoms with Crippen LogP contribution in [0.25, 0.3) is 10.9 Å². The standard InChI is InChI=1S/C16H17ClN2O2/c1-10-9-21-11(2)8-19(10)16(20)13-7-15(17)18-14-6-4-3-5-12(13)14/h3-7,10-11H,8-9H2,1-2H3. The fraction of sp³-hybridized carbons (Fsp3) is 0.375. The number of ether oxygens (including phenoxy) is 1. The van der Waals surface area contributed by atoms with Gasteiger partial charge in [-0.05, 0) is 26.0 Å². The van der Waals surface area contributed by atoms with Crippen molar-refractivity contribution in [3.63, 3.8) is 0 Å². The van der Waals surface area contributed by atoms with Crippen molar-refractivity contribution in [2.24, 2.45) is 0 Å². The molecule has 0 bridgehead atoms. The minimum absolute atomic E-state index is 0.0156. The Labute approximate surface area is 128 Å². The van der Waals surface area contributed by atoms with Gasteiger partial charge in [-0.3, -0.25) is 4.79 Å². The molecule has 1 saturated heterocycles. The lowest BCUT2D eigenvalue weighted by atomic mass is 10.1. The highest BCUT2D eigenvalue weighted by molar-refractivity contribution is 6.30. The van der Waals surface area contributed by atoms with E-state index in [0.717, 1.165) is 10.9 Å². The van der Waals surface area contributed by atoms with E-state index in [0.29, 0.717) is 23.9 Å². The molecule has 1 aliphatic rings. The van der Waals surface area contributed by atoms with Crippen LogP contribution < -0.4 is 0 Å². The molecule has 0 radical (unpaired) electrons. The van der Waals surface area contributed by atoms with E-state index in [1.807, 2.05) is 43.0 Å². The molecule has 1 fully saturated rings. The first-order chi connectivity index (χ1) is 10.1. The Morgan fingerprint density at radius 3 is 2.95 bits per heavy atom. The number of amides is 1. The van der Waals surface area contributed by atoms with E-state index in [1.165, 1.54) is 0 Å². The summed E-state index contributed by atoms with van der Waals surface area (Å²) in [6, 6.07) is 9.27. The van der Waals surface area contributed by atoms with Crippen molar-refractivity contribution in [1.82, 2.24) is 9.88 Å². The monoisotopic (exact) mass is 304 g/mol. The van der Waals surface area contributed by atoms with Gasteiger partial charge in [0, 0.05) is 11.9 Å². The third kappa shape index (κ3) is 2.74. The van der Waals surface area contributed by atoms with Crippen LogP contribution in [0, 0.1) is 0 Å². The maximum absolute atomic E-state index is 12.9. The highest BCUT2D eigenvalue weighted by Gasteiger charge is 2.29. The van der Waals surface area contributed by atoms with Gasteiger partial charge in [-0.1, -0.05) is 29.8 Å². The Hall–Kier alpha value is -1.65. The van der Waals surface area contributed by atoms with Gasteiger partial charge < -0.3 is 9.64 Å². The molecular weight excluding hydrogens is 288 g/mol. The fourth-order valence-electron chi connectivity index (χ4n) is 2.66. The second kappa shape index (κ2) is 5.62. The summed E-state index contributed by atoms with van der Waals surface area (Å²) in [7, 11) is 0. The third-order valence-corrected chi connectivity index (χ3v) is 3.98. The summed E-state index contributed by atoms with van der Waals surface area (Å²) in [6.07, 6.45) is 0.0497. The number of rotatable bonds is 1. The summed E-state index contributed by atoms with van der Waals surface area (Å²) in [5.74, 6) is -0.0156. The minimum Gasteiger partial charge on any atom is -0.375 e. The third-order valence-electron chi connectivity index (χ3n) is 3.78. The van der Waals surface area contributed by atoms with Crippen molar-refractivity contribution in [2.75, 3.05) is 13.2 Å². The Morgan fingerprint density at radius 1 is 1.38 bits per heavy atom. The first kappa shape index (κ1) is 14.3. The number of halogens is 1. The normalized spacial score (nSPS) is 22.5. The van der Waals surface area contributed by atoms with Gasteiger partial charge in [0.05, 0.1) is 29.8 Å². The number of nitrogens with zero attached hydrogens (tertiary/aromatic N) is 2. The number of aromatic nitrogens is 1. The Balaban J connectivity index is 2.05. The molecule has 1 aromatic carbocycles. The zero-order valence-corrected chi connectivity index (χ0v) is 12.8. The van der Waals surface area contributed by atoms with Crippen molar-refractivity contribution < 1.29 is 9.53 Å². The zero-order valence-electron chi connectivity index (χ0n) is 12.0.